The molecule has 8 heteroatoms. The summed E-state index contributed by atoms with van der Waals surface area (Å²) < 4.78 is 1.84. The first kappa shape index (κ1) is 20.1. The van der Waals surface area contributed by atoms with Gasteiger partial charge in [0.15, 0.2) is 5.82 Å². The highest BCUT2D eigenvalue weighted by Crippen LogP contribution is 2.32. The van der Waals surface area contributed by atoms with Gasteiger partial charge in [0.2, 0.25) is 0 Å². The van der Waals surface area contributed by atoms with Crippen molar-refractivity contribution in [2.75, 3.05) is 13.1 Å². The first-order chi connectivity index (χ1) is 14.3. The minimum atomic E-state index is -0.240. The molecule has 0 unspecified atom stereocenters. The molecule has 0 saturated carbocycles. The number of nitrogens with one attached hydrogen (secondary N) is 2. The Labute approximate surface area is 175 Å². The number of hydrogen-bond acceptors (Lipinski definition) is 4. The lowest BCUT2D eigenvalue weighted by molar-refractivity contribution is 0.0572. The predicted molar refractivity (Wildman–Crippen MR) is 113 cm³/mol. The molecule has 30 heavy (non-hydrogen) atoms. The SMILES string of the molecule is CC(C)(C)C[C@@H]1CCN(C(=O)c2cccn3cncc23)C[C@H]1NC(=O)c1ncc[nH]1. The van der Waals surface area contributed by atoms with Crippen LogP contribution in [0.15, 0.2) is 43.2 Å². The summed E-state index contributed by atoms with van der Waals surface area (Å²) in [7, 11) is 0. The number of piperidine rings is 1. The van der Waals surface area contributed by atoms with Gasteiger partial charge in [0.05, 0.1) is 23.6 Å². The third-order valence-electron chi connectivity index (χ3n) is 5.63. The van der Waals surface area contributed by atoms with Crippen molar-refractivity contribution >= 4 is 17.3 Å². The number of H-pyrrole nitrogens is 1. The van der Waals surface area contributed by atoms with Crippen molar-refractivity contribution < 1.29 is 9.59 Å². The van der Waals surface area contributed by atoms with E-state index in [1.165, 1.54) is 0 Å². The summed E-state index contributed by atoms with van der Waals surface area (Å²) in [6.07, 6.45) is 10.3. The zero-order valence-corrected chi connectivity index (χ0v) is 17.6. The lowest BCUT2D eigenvalue weighted by Crippen LogP contribution is -2.54. The van der Waals surface area contributed by atoms with Crippen LogP contribution in [0.5, 0.6) is 0 Å². The Bertz CT molecular complexity index is 1030. The number of carbonyl (C=O) groups excluding carboxylic acids is 2. The fourth-order valence-electron chi connectivity index (χ4n) is 4.31. The summed E-state index contributed by atoms with van der Waals surface area (Å²) in [4.78, 5) is 38.9. The Hall–Kier alpha value is -3.16. The van der Waals surface area contributed by atoms with Gasteiger partial charge in [-0.2, -0.15) is 0 Å². The van der Waals surface area contributed by atoms with Gasteiger partial charge in [-0.05, 0) is 36.3 Å². The lowest BCUT2D eigenvalue weighted by atomic mass is 9.78. The van der Waals surface area contributed by atoms with E-state index in [0.717, 1.165) is 18.4 Å². The van der Waals surface area contributed by atoms with Crippen LogP contribution in [0.25, 0.3) is 5.52 Å². The van der Waals surface area contributed by atoms with Gasteiger partial charge in [-0.15, -0.1) is 0 Å². The van der Waals surface area contributed by atoms with Crippen molar-refractivity contribution in [3.05, 3.63) is 54.6 Å². The fraction of sp³-hybridized carbons (Fsp3) is 0.455. The number of pyridine rings is 1. The molecule has 3 aromatic heterocycles. The number of fused-ring (bicyclic) bond motifs is 1. The Morgan fingerprint density at radius 3 is 2.90 bits per heavy atom. The molecule has 2 N–H and O–H groups in total. The normalized spacial score (nSPS) is 19.8. The lowest BCUT2D eigenvalue weighted by Gasteiger charge is -2.41. The molecular weight excluding hydrogens is 380 g/mol. The maximum Gasteiger partial charge on any atom is 0.287 e. The molecule has 2 amide bonds. The zero-order chi connectivity index (χ0) is 21.3. The number of aromatic nitrogens is 4. The molecule has 0 aromatic carbocycles. The van der Waals surface area contributed by atoms with E-state index in [0.29, 0.717) is 24.6 Å². The molecule has 4 rings (SSSR count). The van der Waals surface area contributed by atoms with Crippen LogP contribution >= 0.6 is 0 Å². The van der Waals surface area contributed by atoms with Gasteiger partial charge in [0.25, 0.3) is 11.8 Å². The van der Waals surface area contributed by atoms with E-state index in [-0.39, 0.29) is 29.1 Å². The topological polar surface area (TPSA) is 95.4 Å². The minimum Gasteiger partial charge on any atom is -0.345 e. The molecule has 158 valence electrons. The van der Waals surface area contributed by atoms with E-state index in [2.05, 4.69) is 41.0 Å². The number of hydrogen-bond donors (Lipinski definition) is 2. The molecule has 3 aromatic rings. The Kier molecular flexibility index (Phi) is 5.32. The average molecular weight is 409 g/mol. The van der Waals surface area contributed by atoms with Gasteiger partial charge in [0.1, 0.15) is 0 Å². The number of amides is 2. The van der Waals surface area contributed by atoms with E-state index in [4.69, 9.17) is 0 Å². The standard InChI is InChI=1S/C22H28N6O2/c1-22(2,3)11-15-6-10-27(13-17(15)26-20(29)19-24-7-8-25-19)21(30)16-5-4-9-28-14-23-12-18(16)28/h4-5,7-9,12,14-15,17H,6,10-11,13H2,1-3H3,(H,24,25)(H,26,29)/t15-,17+/m0/s1. The molecule has 8 nitrogen and oxygen atoms in total. The fourth-order valence-corrected chi connectivity index (χ4v) is 4.31. The second kappa shape index (κ2) is 7.93. The summed E-state index contributed by atoms with van der Waals surface area (Å²) in [6, 6.07) is 3.55. The molecule has 0 radical (unpaired) electrons. The highest BCUT2D eigenvalue weighted by molar-refractivity contribution is 6.00. The largest absolute Gasteiger partial charge is 0.345 e. The molecular formula is C22H28N6O2. The molecule has 1 fully saturated rings. The second-order valence-electron chi connectivity index (χ2n) is 9.19. The molecule has 1 saturated heterocycles. The maximum absolute atomic E-state index is 13.3. The molecule has 0 aliphatic carbocycles. The first-order valence-electron chi connectivity index (χ1n) is 10.3. The summed E-state index contributed by atoms with van der Waals surface area (Å²) in [5.74, 6) is 0.305. The number of aromatic amines is 1. The van der Waals surface area contributed by atoms with Crippen LogP contribution in [0.1, 0.15) is 54.6 Å². The number of rotatable bonds is 4. The summed E-state index contributed by atoms with van der Waals surface area (Å²) in [6.45, 7) is 7.76. The van der Waals surface area contributed by atoms with Crippen LogP contribution in [0.4, 0.5) is 0 Å². The van der Waals surface area contributed by atoms with Crippen LogP contribution < -0.4 is 5.32 Å². The highest BCUT2D eigenvalue weighted by Gasteiger charge is 2.35. The quantitative estimate of drug-likeness (QED) is 0.694. The maximum atomic E-state index is 13.3. The van der Waals surface area contributed by atoms with Gasteiger partial charge in [-0.25, -0.2) is 9.97 Å². The zero-order valence-electron chi connectivity index (χ0n) is 17.6. The smallest absolute Gasteiger partial charge is 0.287 e. The van der Waals surface area contributed by atoms with Gasteiger partial charge in [0, 0.05) is 37.7 Å². The summed E-state index contributed by atoms with van der Waals surface area (Å²) in [5, 5.41) is 3.12. The van der Waals surface area contributed by atoms with Gasteiger partial charge < -0.3 is 19.6 Å². The minimum absolute atomic E-state index is 0.0347. The average Bonchev–Trinajstić information content (AvgIpc) is 3.39. The van der Waals surface area contributed by atoms with Crippen molar-refractivity contribution in [2.24, 2.45) is 11.3 Å². The van der Waals surface area contributed by atoms with Crippen molar-refractivity contribution in [3.8, 4) is 0 Å². The molecule has 1 aliphatic heterocycles. The van der Waals surface area contributed by atoms with Gasteiger partial charge in [-0.1, -0.05) is 20.8 Å². The van der Waals surface area contributed by atoms with Crippen molar-refractivity contribution in [2.45, 2.75) is 39.7 Å². The molecule has 0 bridgehead atoms. The van der Waals surface area contributed by atoms with Gasteiger partial charge >= 0.3 is 0 Å². The van der Waals surface area contributed by atoms with E-state index in [9.17, 15) is 9.59 Å². The van der Waals surface area contributed by atoms with Crippen molar-refractivity contribution in [1.29, 1.82) is 0 Å². The Balaban J connectivity index is 1.55. The molecule has 1 aliphatic rings. The van der Waals surface area contributed by atoms with Crippen molar-refractivity contribution in [1.82, 2.24) is 29.6 Å². The number of carbonyl (C=O) groups is 2. The van der Waals surface area contributed by atoms with Gasteiger partial charge in [-0.3, -0.25) is 9.59 Å². The second-order valence-corrected chi connectivity index (χ2v) is 9.19. The van der Waals surface area contributed by atoms with Crippen LogP contribution in [-0.2, 0) is 0 Å². The van der Waals surface area contributed by atoms with Crippen LogP contribution in [0.2, 0.25) is 0 Å². The highest BCUT2D eigenvalue weighted by atomic mass is 16.2. The Morgan fingerprint density at radius 1 is 1.33 bits per heavy atom. The van der Waals surface area contributed by atoms with Crippen molar-refractivity contribution in [3.63, 3.8) is 0 Å². The van der Waals surface area contributed by atoms with Crippen LogP contribution in [0, 0.1) is 11.3 Å². The van der Waals surface area contributed by atoms with Crippen LogP contribution in [0.3, 0.4) is 0 Å². The number of likely N-dealkylation sites (tertiary alicyclic amines) is 1. The summed E-state index contributed by atoms with van der Waals surface area (Å²) in [5.41, 5.74) is 1.55. The van der Waals surface area contributed by atoms with E-state index in [1.807, 2.05) is 27.6 Å². The molecule has 0 spiro atoms. The van der Waals surface area contributed by atoms with E-state index >= 15 is 0 Å². The van der Waals surface area contributed by atoms with Crippen LogP contribution in [-0.4, -0.2) is 55.2 Å². The monoisotopic (exact) mass is 408 g/mol. The number of nitrogens with zero attached hydrogens (tertiary/aromatic N) is 4. The molecule has 2 atom stereocenters. The predicted octanol–water partition coefficient (Wildman–Crippen LogP) is 2.75. The molecule has 4 heterocycles. The van der Waals surface area contributed by atoms with E-state index in [1.54, 1.807) is 24.9 Å². The summed E-state index contributed by atoms with van der Waals surface area (Å²) >= 11 is 0. The number of imidazole rings is 2. The Morgan fingerprint density at radius 2 is 2.17 bits per heavy atom. The third kappa shape index (κ3) is 4.22. The first-order valence-corrected chi connectivity index (χ1v) is 10.3. The van der Waals surface area contributed by atoms with E-state index < -0.39 is 0 Å². The third-order valence-corrected chi connectivity index (χ3v) is 5.63.